The molecule has 0 bridgehead atoms. The summed E-state index contributed by atoms with van der Waals surface area (Å²) < 4.78 is 37.2. The van der Waals surface area contributed by atoms with Crippen molar-refractivity contribution < 1.29 is 18.3 Å². The molecule has 0 heterocycles. The van der Waals surface area contributed by atoms with Gasteiger partial charge in [-0.3, -0.25) is 0 Å². The summed E-state index contributed by atoms with van der Waals surface area (Å²) in [6.07, 6.45) is -4.49. The molecule has 1 aromatic rings. The van der Waals surface area contributed by atoms with Crippen LogP contribution in [0.1, 0.15) is 18.1 Å². The second-order valence-corrected chi connectivity index (χ2v) is 4.26. The fourth-order valence-corrected chi connectivity index (χ4v) is 1.74. The van der Waals surface area contributed by atoms with Crippen molar-refractivity contribution in [2.24, 2.45) is 0 Å². The molecule has 1 N–H and O–H groups in total. The van der Waals surface area contributed by atoms with E-state index in [-0.39, 0.29) is 0 Å². The first-order valence-electron chi connectivity index (χ1n) is 4.42. The van der Waals surface area contributed by atoms with Gasteiger partial charge < -0.3 is 5.11 Å². The van der Waals surface area contributed by atoms with E-state index in [1.807, 2.05) is 6.92 Å². The Kier molecular flexibility index (Phi) is 3.90. The summed E-state index contributed by atoms with van der Waals surface area (Å²) >= 11 is 1.54. The Bertz CT molecular complexity index is 336. The first kappa shape index (κ1) is 12.2. The standard InChI is InChI=1S/C10H11F3OS/c1-2-15-6-7-3-4-9(14)8(5-7)10(11,12)13/h3-5,14H,2,6H2,1H3. The van der Waals surface area contributed by atoms with E-state index in [9.17, 15) is 13.2 Å². The van der Waals surface area contributed by atoms with Crippen LogP contribution in [0.5, 0.6) is 5.75 Å². The Morgan fingerprint density at radius 3 is 2.53 bits per heavy atom. The number of hydrogen-bond donors (Lipinski definition) is 1. The van der Waals surface area contributed by atoms with Crippen molar-refractivity contribution in [2.45, 2.75) is 18.9 Å². The van der Waals surface area contributed by atoms with E-state index in [2.05, 4.69) is 0 Å². The van der Waals surface area contributed by atoms with Crippen LogP contribution in [0, 0.1) is 0 Å². The Morgan fingerprint density at radius 1 is 1.33 bits per heavy atom. The highest BCUT2D eigenvalue weighted by atomic mass is 32.2. The summed E-state index contributed by atoms with van der Waals surface area (Å²) in [7, 11) is 0. The van der Waals surface area contributed by atoms with Crippen molar-refractivity contribution in [2.75, 3.05) is 5.75 Å². The lowest BCUT2D eigenvalue weighted by molar-refractivity contribution is -0.138. The average Bonchev–Trinajstić information content (AvgIpc) is 2.15. The third kappa shape index (κ3) is 3.34. The number of phenolic OH excluding ortho intramolecular Hbond substituents is 1. The van der Waals surface area contributed by atoms with Gasteiger partial charge in [-0.25, -0.2) is 0 Å². The summed E-state index contributed by atoms with van der Waals surface area (Å²) in [5.74, 6) is 0.662. The summed E-state index contributed by atoms with van der Waals surface area (Å²) in [6.45, 7) is 1.94. The minimum absolute atomic E-state index is 0.528. The molecule has 0 aliphatic rings. The van der Waals surface area contributed by atoms with Gasteiger partial charge in [0.25, 0.3) is 0 Å². The van der Waals surface area contributed by atoms with Crippen LogP contribution in [0.15, 0.2) is 18.2 Å². The van der Waals surface area contributed by atoms with E-state index in [4.69, 9.17) is 5.11 Å². The van der Waals surface area contributed by atoms with Gasteiger partial charge in [0.05, 0.1) is 5.56 Å². The van der Waals surface area contributed by atoms with E-state index >= 15 is 0 Å². The molecule has 0 unspecified atom stereocenters. The molecule has 0 saturated heterocycles. The van der Waals surface area contributed by atoms with Crippen LogP contribution in [0.3, 0.4) is 0 Å². The van der Waals surface area contributed by atoms with Crippen molar-refractivity contribution in [1.29, 1.82) is 0 Å². The van der Waals surface area contributed by atoms with Crippen LogP contribution < -0.4 is 0 Å². The van der Waals surface area contributed by atoms with Crippen molar-refractivity contribution in [1.82, 2.24) is 0 Å². The highest BCUT2D eigenvalue weighted by Crippen LogP contribution is 2.36. The van der Waals surface area contributed by atoms with Gasteiger partial charge in [-0.1, -0.05) is 13.0 Å². The number of aromatic hydroxyl groups is 1. The molecule has 0 aliphatic carbocycles. The van der Waals surface area contributed by atoms with Crippen LogP contribution in [0.2, 0.25) is 0 Å². The fourth-order valence-electron chi connectivity index (χ4n) is 1.12. The number of halogens is 3. The quantitative estimate of drug-likeness (QED) is 0.864. The molecule has 0 spiro atoms. The molecule has 15 heavy (non-hydrogen) atoms. The van der Waals surface area contributed by atoms with Gasteiger partial charge in [0, 0.05) is 5.75 Å². The molecule has 1 aromatic carbocycles. The van der Waals surface area contributed by atoms with Crippen molar-refractivity contribution in [3.63, 3.8) is 0 Å². The lowest BCUT2D eigenvalue weighted by Gasteiger charge is -2.10. The van der Waals surface area contributed by atoms with Gasteiger partial charge in [0.15, 0.2) is 0 Å². The Balaban J connectivity index is 2.95. The van der Waals surface area contributed by atoms with Gasteiger partial charge in [0.2, 0.25) is 0 Å². The minimum atomic E-state index is -4.49. The number of benzene rings is 1. The molecule has 0 radical (unpaired) electrons. The Labute approximate surface area is 90.3 Å². The number of phenols is 1. The molecule has 0 aromatic heterocycles. The van der Waals surface area contributed by atoms with Crippen LogP contribution in [0.25, 0.3) is 0 Å². The predicted octanol–water partition coefficient (Wildman–Crippen LogP) is 3.66. The average molecular weight is 236 g/mol. The topological polar surface area (TPSA) is 20.2 Å². The van der Waals surface area contributed by atoms with Crippen LogP contribution in [-0.2, 0) is 11.9 Å². The normalized spacial score (nSPS) is 11.7. The van der Waals surface area contributed by atoms with Gasteiger partial charge >= 0.3 is 6.18 Å². The van der Waals surface area contributed by atoms with Gasteiger partial charge in [-0.15, -0.1) is 0 Å². The molecule has 5 heteroatoms. The molecular formula is C10H11F3OS. The maximum absolute atomic E-state index is 12.4. The molecule has 0 amide bonds. The Morgan fingerprint density at radius 2 is 2.00 bits per heavy atom. The zero-order valence-electron chi connectivity index (χ0n) is 8.14. The van der Waals surface area contributed by atoms with E-state index in [1.165, 1.54) is 17.8 Å². The first-order valence-corrected chi connectivity index (χ1v) is 5.57. The third-order valence-corrected chi connectivity index (χ3v) is 2.78. The molecule has 0 aliphatic heterocycles. The monoisotopic (exact) mass is 236 g/mol. The van der Waals surface area contributed by atoms with E-state index in [1.54, 1.807) is 0 Å². The molecule has 0 saturated carbocycles. The van der Waals surface area contributed by atoms with Crippen LogP contribution in [-0.4, -0.2) is 10.9 Å². The van der Waals surface area contributed by atoms with E-state index in [0.717, 1.165) is 17.9 Å². The minimum Gasteiger partial charge on any atom is -0.507 e. The van der Waals surface area contributed by atoms with Gasteiger partial charge in [-0.05, 0) is 23.4 Å². The van der Waals surface area contributed by atoms with Crippen molar-refractivity contribution >= 4 is 11.8 Å². The van der Waals surface area contributed by atoms with Crippen LogP contribution >= 0.6 is 11.8 Å². The number of thioether (sulfide) groups is 1. The van der Waals surface area contributed by atoms with Crippen molar-refractivity contribution in [3.8, 4) is 5.75 Å². The largest absolute Gasteiger partial charge is 0.507 e. The predicted molar refractivity (Wildman–Crippen MR) is 54.9 cm³/mol. The van der Waals surface area contributed by atoms with Gasteiger partial charge in [0.1, 0.15) is 5.75 Å². The zero-order valence-corrected chi connectivity index (χ0v) is 8.95. The summed E-state index contributed by atoms with van der Waals surface area (Å²) in [4.78, 5) is 0. The lowest BCUT2D eigenvalue weighted by atomic mass is 10.1. The zero-order chi connectivity index (χ0) is 11.5. The molecular weight excluding hydrogens is 225 g/mol. The van der Waals surface area contributed by atoms with Crippen molar-refractivity contribution in [3.05, 3.63) is 29.3 Å². The van der Waals surface area contributed by atoms with E-state index in [0.29, 0.717) is 11.3 Å². The second kappa shape index (κ2) is 4.79. The summed E-state index contributed by atoms with van der Waals surface area (Å²) in [5.41, 5.74) is -0.385. The summed E-state index contributed by atoms with van der Waals surface area (Å²) in [6, 6.07) is 3.60. The van der Waals surface area contributed by atoms with Crippen LogP contribution in [0.4, 0.5) is 13.2 Å². The fraction of sp³-hybridized carbons (Fsp3) is 0.400. The highest BCUT2D eigenvalue weighted by molar-refractivity contribution is 7.98. The van der Waals surface area contributed by atoms with E-state index < -0.39 is 17.5 Å². The maximum Gasteiger partial charge on any atom is 0.419 e. The molecule has 1 nitrogen and oxygen atoms in total. The number of alkyl halides is 3. The lowest BCUT2D eigenvalue weighted by Crippen LogP contribution is -2.05. The molecule has 0 fully saturated rings. The first-order chi connectivity index (χ1) is 6.95. The maximum atomic E-state index is 12.4. The Hall–Kier alpha value is -0.840. The molecule has 84 valence electrons. The summed E-state index contributed by atoms with van der Waals surface area (Å²) in [5, 5.41) is 9.07. The third-order valence-electron chi connectivity index (χ3n) is 1.84. The smallest absolute Gasteiger partial charge is 0.419 e. The molecule has 0 atom stereocenters. The highest BCUT2D eigenvalue weighted by Gasteiger charge is 2.33. The second-order valence-electron chi connectivity index (χ2n) is 2.99. The SMILES string of the molecule is CCSCc1ccc(O)c(C(F)(F)F)c1. The number of hydrogen-bond acceptors (Lipinski definition) is 2. The van der Waals surface area contributed by atoms with Gasteiger partial charge in [-0.2, -0.15) is 24.9 Å². The number of rotatable bonds is 3. The molecule has 1 rings (SSSR count).